The third kappa shape index (κ3) is 5.38. The van der Waals surface area contributed by atoms with Crippen molar-refractivity contribution in [3.05, 3.63) is 29.8 Å². The van der Waals surface area contributed by atoms with E-state index in [0.717, 1.165) is 30.4 Å². The summed E-state index contributed by atoms with van der Waals surface area (Å²) >= 11 is 2.09. The molecule has 138 valence electrons. The lowest BCUT2D eigenvalue weighted by molar-refractivity contribution is -0.120. The minimum Gasteiger partial charge on any atom is -0.496 e. The Labute approximate surface area is 155 Å². The fourth-order valence-corrected chi connectivity index (χ4v) is 5.07. The number of hydrogen-bond donors (Lipinski definition) is 1. The fraction of sp³-hybridized carbons (Fsp3) is 0.650. The van der Waals surface area contributed by atoms with Gasteiger partial charge in [-0.05, 0) is 55.7 Å². The van der Waals surface area contributed by atoms with E-state index < -0.39 is 0 Å². The first-order valence-electron chi connectivity index (χ1n) is 9.46. The Morgan fingerprint density at radius 2 is 2.08 bits per heavy atom. The maximum atomic E-state index is 12.3. The van der Waals surface area contributed by atoms with E-state index in [4.69, 9.17) is 4.74 Å². The number of carbonyl (C=O) groups is 1. The molecule has 0 spiro atoms. The highest BCUT2D eigenvalue weighted by Crippen LogP contribution is 2.26. The van der Waals surface area contributed by atoms with Gasteiger partial charge in [-0.15, -0.1) is 0 Å². The van der Waals surface area contributed by atoms with Crippen molar-refractivity contribution in [3.8, 4) is 5.75 Å². The van der Waals surface area contributed by atoms with E-state index in [-0.39, 0.29) is 5.91 Å². The summed E-state index contributed by atoms with van der Waals surface area (Å²) in [7, 11) is 1.65. The van der Waals surface area contributed by atoms with Crippen molar-refractivity contribution < 1.29 is 9.53 Å². The molecule has 0 aliphatic carbocycles. The molecule has 2 aliphatic rings. The van der Waals surface area contributed by atoms with Crippen molar-refractivity contribution in [2.45, 2.75) is 38.1 Å². The highest BCUT2D eigenvalue weighted by molar-refractivity contribution is 7.99. The lowest BCUT2D eigenvalue weighted by Gasteiger charge is -2.40. The van der Waals surface area contributed by atoms with Gasteiger partial charge in [0.05, 0.1) is 13.5 Å². The molecule has 2 saturated heterocycles. The number of piperidine rings is 1. The number of amides is 1. The third-order valence-corrected chi connectivity index (χ3v) is 6.44. The zero-order valence-electron chi connectivity index (χ0n) is 15.2. The van der Waals surface area contributed by atoms with Gasteiger partial charge in [0.1, 0.15) is 5.75 Å². The molecule has 2 heterocycles. The molecule has 0 aromatic heterocycles. The summed E-state index contributed by atoms with van der Waals surface area (Å²) in [5, 5.41) is 3.15. The average molecular weight is 363 g/mol. The predicted octanol–water partition coefficient (Wildman–Crippen LogP) is 2.96. The van der Waals surface area contributed by atoms with Gasteiger partial charge in [-0.3, -0.25) is 9.69 Å². The number of benzene rings is 1. The van der Waals surface area contributed by atoms with Crippen LogP contribution in [0, 0.1) is 5.92 Å². The van der Waals surface area contributed by atoms with E-state index in [1.807, 2.05) is 24.3 Å². The van der Waals surface area contributed by atoms with Crippen LogP contribution in [0.2, 0.25) is 0 Å². The van der Waals surface area contributed by atoms with Crippen LogP contribution in [0.25, 0.3) is 0 Å². The van der Waals surface area contributed by atoms with Gasteiger partial charge in [0, 0.05) is 24.7 Å². The maximum absolute atomic E-state index is 12.3. The van der Waals surface area contributed by atoms with E-state index in [9.17, 15) is 4.79 Å². The van der Waals surface area contributed by atoms with Crippen LogP contribution in [-0.4, -0.2) is 55.1 Å². The molecule has 5 heteroatoms. The Morgan fingerprint density at radius 3 is 2.88 bits per heavy atom. The normalized spacial score (nSPS) is 22.5. The van der Waals surface area contributed by atoms with E-state index in [1.54, 1.807) is 7.11 Å². The quantitative estimate of drug-likeness (QED) is 0.845. The summed E-state index contributed by atoms with van der Waals surface area (Å²) in [6.45, 7) is 3.18. The van der Waals surface area contributed by atoms with Gasteiger partial charge in [0.2, 0.25) is 5.91 Å². The summed E-state index contributed by atoms with van der Waals surface area (Å²) in [5.74, 6) is 4.08. The van der Waals surface area contributed by atoms with Crippen LogP contribution in [0.4, 0.5) is 0 Å². The van der Waals surface area contributed by atoms with Gasteiger partial charge in [-0.2, -0.15) is 11.8 Å². The Kier molecular flexibility index (Phi) is 7.05. The lowest BCUT2D eigenvalue weighted by atomic mass is 9.95. The first-order valence-corrected chi connectivity index (χ1v) is 10.6. The molecular weight excluding hydrogens is 332 g/mol. The summed E-state index contributed by atoms with van der Waals surface area (Å²) in [5.41, 5.74) is 0.951. The second-order valence-electron chi connectivity index (χ2n) is 7.14. The molecule has 2 aliphatic heterocycles. The van der Waals surface area contributed by atoms with E-state index in [2.05, 4.69) is 22.0 Å². The summed E-state index contributed by atoms with van der Waals surface area (Å²) in [6, 6.07) is 8.52. The number of nitrogens with one attached hydrogen (secondary N) is 1. The molecule has 1 aromatic rings. The van der Waals surface area contributed by atoms with Gasteiger partial charge in [-0.1, -0.05) is 18.2 Å². The second kappa shape index (κ2) is 9.48. The highest BCUT2D eigenvalue weighted by atomic mass is 32.2. The zero-order chi connectivity index (χ0) is 17.5. The third-order valence-electron chi connectivity index (χ3n) is 5.39. The standard InChI is InChI=1S/C20H30N2O2S/c1-24-19-7-3-2-6-17(19)13-20(23)21-14-16-5-4-10-22(15-16)18-8-11-25-12-9-18/h2-3,6-7,16,18H,4-5,8-15H2,1H3,(H,21,23). The number of likely N-dealkylation sites (tertiary alicyclic amines) is 1. The summed E-state index contributed by atoms with van der Waals surface area (Å²) in [6.07, 6.45) is 5.54. The smallest absolute Gasteiger partial charge is 0.224 e. The van der Waals surface area contributed by atoms with Crippen LogP contribution in [0.5, 0.6) is 5.75 Å². The minimum atomic E-state index is 0.0932. The van der Waals surface area contributed by atoms with Crippen molar-refractivity contribution in [2.75, 3.05) is 38.2 Å². The van der Waals surface area contributed by atoms with Crippen LogP contribution < -0.4 is 10.1 Å². The van der Waals surface area contributed by atoms with Crippen LogP contribution in [0.15, 0.2) is 24.3 Å². The number of carbonyl (C=O) groups excluding carboxylic acids is 1. The van der Waals surface area contributed by atoms with Gasteiger partial charge in [-0.25, -0.2) is 0 Å². The maximum Gasteiger partial charge on any atom is 0.224 e. The molecule has 1 amide bonds. The van der Waals surface area contributed by atoms with Crippen LogP contribution >= 0.6 is 11.8 Å². The number of ether oxygens (including phenoxy) is 1. The monoisotopic (exact) mass is 362 g/mol. The Hall–Kier alpha value is -1.20. The Balaban J connectivity index is 1.45. The van der Waals surface area contributed by atoms with Gasteiger partial charge in [0.25, 0.3) is 0 Å². The molecule has 2 fully saturated rings. The Bertz CT molecular complexity index is 560. The summed E-state index contributed by atoms with van der Waals surface area (Å²) < 4.78 is 5.33. The molecule has 3 rings (SSSR count). The zero-order valence-corrected chi connectivity index (χ0v) is 16.0. The lowest BCUT2D eigenvalue weighted by Crippen LogP contribution is -2.46. The molecule has 0 bridgehead atoms. The fourth-order valence-electron chi connectivity index (χ4n) is 3.99. The number of rotatable bonds is 6. The predicted molar refractivity (Wildman–Crippen MR) is 104 cm³/mol. The molecule has 0 saturated carbocycles. The second-order valence-corrected chi connectivity index (χ2v) is 8.36. The van der Waals surface area contributed by atoms with Crippen LogP contribution in [0.1, 0.15) is 31.2 Å². The number of thioether (sulfide) groups is 1. The van der Waals surface area contributed by atoms with Crippen LogP contribution in [-0.2, 0) is 11.2 Å². The first kappa shape index (κ1) is 18.6. The van der Waals surface area contributed by atoms with Crippen molar-refractivity contribution in [3.63, 3.8) is 0 Å². The number of hydrogen-bond acceptors (Lipinski definition) is 4. The van der Waals surface area contributed by atoms with Gasteiger partial charge >= 0.3 is 0 Å². The molecule has 1 unspecified atom stereocenters. The molecule has 1 N–H and O–H groups in total. The molecular formula is C20H30N2O2S. The topological polar surface area (TPSA) is 41.6 Å². The first-order chi connectivity index (χ1) is 12.3. The average Bonchev–Trinajstić information content (AvgIpc) is 2.68. The van der Waals surface area contributed by atoms with E-state index in [0.29, 0.717) is 12.3 Å². The molecule has 1 aromatic carbocycles. The number of para-hydroxylation sites is 1. The highest BCUT2D eigenvalue weighted by Gasteiger charge is 2.27. The molecule has 1 atom stereocenters. The van der Waals surface area contributed by atoms with Crippen molar-refractivity contribution >= 4 is 17.7 Å². The SMILES string of the molecule is COc1ccccc1CC(=O)NCC1CCCN(C2CCSCC2)C1. The molecule has 25 heavy (non-hydrogen) atoms. The van der Waals surface area contributed by atoms with Crippen LogP contribution in [0.3, 0.4) is 0 Å². The van der Waals surface area contributed by atoms with E-state index in [1.165, 1.54) is 43.7 Å². The van der Waals surface area contributed by atoms with Gasteiger partial charge in [0.15, 0.2) is 0 Å². The largest absolute Gasteiger partial charge is 0.496 e. The van der Waals surface area contributed by atoms with Crippen molar-refractivity contribution in [1.82, 2.24) is 10.2 Å². The summed E-state index contributed by atoms with van der Waals surface area (Å²) in [4.78, 5) is 15.0. The Morgan fingerprint density at radius 1 is 1.28 bits per heavy atom. The van der Waals surface area contributed by atoms with Crippen molar-refractivity contribution in [1.29, 1.82) is 0 Å². The molecule has 4 nitrogen and oxygen atoms in total. The minimum absolute atomic E-state index is 0.0932. The number of nitrogens with zero attached hydrogens (tertiary/aromatic N) is 1. The molecule has 0 radical (unpaired) electrons. The van der Waals surface area contributed by atoms with Gasteiger partial charge < -0.3 is 10.1 Å². The number of methoxy groups -OCH3 is 1. The van der Waals surface area contributed by atoms with Crippen molar-refractivity contribution in [2.24, 2.45) is 5.92 Å². The van der Waals surface area contributed by atoms with E-state index >= 15 is 0 Å².